The minimum Gasteiger partial charge on any atom is -0.478 e. The van der Waals surface area contributed by atoms with Crippen LogP contribution in [0.1, 0.15) is 27.2 Å². The van der Waals surface area contributed by atoms with E-state index in [2.05, 4.69) is 0 Å². The highest BCUT2D eigenvalue weighted by molar-refractivity contribution is 5.89. The average molecular weight is 268 g/mol. The van der Waals surface area contributed by atoms with E-state index in [-0.39, 0.29) is 17.7 Å². The van der Waals surface area contributed by atoms with Crippen molar-refractivity contribution in [2.24, 2.45) is 0 Å². The van der Waals surface area contributed by atoms with Crippen LogP contribution in [-0.4, -0.2) is 15.6 Å². The Morgan fingerprint density at radius 2 is 2.00 bits per heavy atom. The molecule has 0 saturated carbocycles. The fourth-order valence-electron chi connectivity index (χ4n) is 1.99. The normalized spacial score (nSPS) is 10.0. The van der Waals surface area contributed by atoms with Crippen LogP contribution in [0.4, 0.5) is 0 Å². The highest BCUT2D eigenvalue weighted by Gasteiger charge is 2.12. The smallest absolute Gasteiger partial charge is 0.336 e. The molecule has 0 aliphatic rings. The lowest BCUT2D eigenvalue weighted by Gasteiger charge is -2.12. The molecule has 2 aromatic rings. The molecule has 5 heteroatoms. The summed E-state index contributed by atoms with van der Waals surface area (Å²) < 4.78 is 1.40. The number of benzene rings is 1. The molecule has 20 heavy (non-hydrogen) atoms. The summed E-state index contributed by atoms with van der Waals surface area (Å²) in [6, 6.07) is 11.5. The number of pyridine rings is 1. The lowest BCUT2D eigenvalue weighted by Crippen LogP contribution is -2.25. The van der Waals surface area contributed by atoms with E-state index in [1.807, 2.05) is 6.07 Å². The molecule has 5 nitrogen and oxygen atoms in total. The molecule has 0 atom stereocenters. The molecule has 1 N–H and O–H groups in total. The number of hydrogen-bond donors (Lipinski definition) is 1. The molecule has 0 aliphatic carbocycles. The largest absolute Gasteiger partial charge is 0.478 e. The molecule has 0 spiro atoms. The van der Waals surface area contributed by atoms with Crippen LogP contribution in [0.2, 0.25) is 0 Å². The van der Waals surface area contributed by atoms with E-state index in [9.17, 15) is 9.59 Å². The van der Waals surface area contributed by atoms with E-state index in [0.717, 1.165) is 0 Å². The first kappa shape index (κ1) is 13.6. The molecule has 0 unspecified atom stereocenters. The first-order chi connectivity index (χ1) is 9.54. The minimum absolute atomic E-state index is 0.0448. The maximum absolute atomic E-state index is 12.1. The number of aryl methyl sites for hydroxylation is 1. The number of carboxylic acid groups (broad SMARTS) is 1. The molecule has 0 amide bonds. The van der Waals surface area contributed by atoms with Crippen LogP contribution in [0, 0.1) is 18.3 Å². The van der Waals surface area contributed by atoms with Crippen molar-refractivity contribution in [1.82, 2.24) is 4.57 Å². The topological polar surface area (TPSA) is 83.1 Å². The van der Waals surface area contributed by atoms with Crippen molar-refractivity contribution in [3.63, 3.8) is 0 Å². The summed E-state index contributed by atoms with van der Waals surface area (Å²) in [5, 5.41) is 18.0. The van der Waals surface area contributed by atoms with Gasteiger partial charge in [-0.15, -0.1) is 0 Å². The molecular formula is C15H12N2O3. The predicted molar refractivity (Wildman–Crippen MR) is 72.7 cm³/mol. The fraction of sp³-hybridized carbons (Fsp3) is 0.133. The zero-order valence-corrected chi connectivity index (χ0v) is 10.8. The van der Waals surface area contributed by atoms with E-state index in [1.165, 1.54) is 16.7 Å². The van der Waals surface area contributed by atoms with Gasteiger partial charge in [-0.1, -0.05) is 18.2 Å². The molecule has 2 rings (SSSR count). The lowest BCUT2D eigenvalue weighted by molar-refractivity contribution is 0.0695. The second-order valence-electron chi connectivity index (χ2n) is 4.35. The number of carboxylic acids is 1. The van der Waals surface area contributed by atoms with Crippen molar-refractivity contribution < 1.29 is 9.90 Å². The minimum atomic E-state index is -1.04. The number of carbonyl (C=O) groups is 1. The Morgan fingerprint density at radius 1 is 1.30 bits per heavy atom. The van der Waals surface area contributed by atoms with E-state index < -0.39 is 11.5 Å². The number of nitriles is 1. The van der Waals surface area contributed by atoms with Gasteiger partial charge in [0.25, 0.3) is 5.56 Å². The molecule has 0 fully saturated rings. The number of rotatable bonds is 3. The predicted octanol–water partition coefficient (Wildman–Crippen LogP) is 1.77. The van der Waals surface area contributed by atoms with Crippen LogP contribution in [-0.2, 0) is 6.54 Å². The van der Waals surface area contributed by atoms with E-state index in [1.54, 1.807) is 31.2 Å². The van der Waals surface area contributed by atoms with Gasteiger partial charge in [0, 0.05) is 5.69 Å². The van der Waals surface area contributed by atoms with Gasteiger partial charge in [0.15, 0.2) is 0 Å². The van der Waals surface area contributed by atoms with Crippen LogP contribution < -0.4 is 5.56 Å². The molecule has 0 aliphatic heterocycles. The quantitative estimate of drug-likeness (QED) is 0.919. The van der Waals surface area contributed by atoms with Gasteiger partial charge in [0.2, 0.25) is 0 Å². The molecule has 1 aromatic heterocycles. The van der Waals surface area contributed by atoms with Gasteiger partial charge < -0.3 is 9.67 Å². The summed E-state index contributed by atoms with van der Waals surface area (Å²) in [5.74, 6) is -1.04. The lowest BCUT2D eigenvalue weighted by atomic mass is 10.1. The third-order valence-electron chi connectivity index (χ3n) is 3.09. The zero-order chi connectivity index (χ0) is 14.7. The van der Waals surface area contributed by atoms with Gasteiger partial charge in [-0.05, 0) is 30.7 Å². The Balaban J connectivity index is 2.54. The molecule has 0 radical (unpaired) electrons. The summed E-state index contributed by atoms with van der Waals surface area (Å²) in [7, 11) is 0. The second-order valence-corrected chi connectivity index (χ2v) is 4.35. The van der Waals surface area contributed by atoms with Gasteiger partial charge >= 0.3 is 5.97 Å². The first-order valence-corrected chi connectivity index (χ1v) is 5.96. The van der Waals surface area contributed by atoms with Gasteiger partial charge in [-0.2, -0.15) is 5.26 Å². The van der Waals surface area contributed by atoms with Crippen molar-refractivity contribution in [2.75, 3.05) is 0 Å². The van der Waals surface area contributed by atoms with Crippen molar-refractivity contribution in [2.45, 2.75) is 13.5 Å². The Labute approximate surface area is 115 Å². The third-order valence-corrected chi connectivity index (χ3v) is 3.09. The van der Waals surface area contributed by atoms with E-state index in [4.69, 9.17) is 10.4 Å². The maximum Gasteiger partial charge on any atom is 0.336 e. The number of aromatic nitrogens is 1. The number of hydrogen-bond acceptors (Lipinski definition) is 3. The standard InChI is InChI=1S/C15H12N2O3/c1-10-6-7-11(8-16)14(18)17(10)9-12-4-2-3-5-13(12)15(19)20/h2-7H,9H2,1H3,(H,19,20). The SMILES string of the molecule is Cc1ccc(C#N)c(=O)n1Cc1ccccc1C(=O)O. The summed E-state index contributed by atoms with van der Waals surface area (Å²) in [5.41, 5.74) is 0.992. The van der Waals surface area contributed by atoms with Crippen LogP contribution in [0.3, 0.4) is 0 Å². The van der Waals surface area contributed by atoms with Crippen molar-refractivity contribution in [3.05, 3.63) is 69.1 Å². The average Bonchev–Trinajstić information content (AvgIpc) is 2.44. The molecule has 0 saturated heterocycles. The zero-order valence-electron chi connectivity index (χ0n) is 10.8. The Morgan fingerprint density at radius 3 is 2.65 bits per heavy atom. The van der Waals surface area contributed by atoms with Crippen molar-refractivity contribution in [3.8, 4) is 6.07 Å². The van der Waals surface area contributed by atoms with Crippen LogP contribution in [0.5, 0.6) is 0 Å². The summed E-state index contributed by atoms with van der Waals surface area (Å²) in [6.07, 6.45) is 0. The summed E-state index contributed by atoms with van der Waals surface area (Å²) >= 11 is 0. The van der Waals surface area contributed by atoms with Gasteiger partial charge in [0.1, 0.15) is 11.6 Å². The highest BCUT2D eigenvalue weighted by atomic mass is 16.4. The van der Waals surface area contributed by atoms with E-state index in [0.29, 0.717) is 11.3 Å². The molecule has 1 heterocycles. The molecular weight excluding hydrogens is 256 g/mol. The monoisotopic (exact) mass is 268 g/mol. The molecule has 100 valence electrons. The summed E-state index contributed by atoms with van der Waals surface area (Å²) in [6.45, 7) is 1.87. The molecule has 0 bridgehead atoms. The van der Waals surface area contributed by atoms with Gasteiger partial charge in [-0.25, -0.2) is 4.79 Å². The first-order valence-electron chi connectivity index (χ1n) is 5.96. The Bertz CT molecular complexity index is 769. The van der Waals surface area contributed by atoms with Gasteiger partial charge in [-0.3, -0.25) is 4.79 Å². The number of nitrogens with zero attached hydrogens (tertiary/aromatic N) is 2. The molecule has 1 aromatic carbocycles. The summed E-state index contributed by atoms with van der Waals surface area (Å²) in [4.78, 5) is 23.3. The van der Waals surface area contributed by atoms with Crippen LogP contribution in [0.15, 0.2) is 41.2 Å². The number of aromatic carboxylic acids is 1. The second kappa shape index (κ2) is 5.41. The maximum atomic E-state index is 12.1. The van der Waals surface area contributed by atoms with E-state index >= 15 is 0 Å². The van der Waals surface area contributed by atoms with Crippen LogP contribution in [0.25, 0.3) is 0 Å². The fourth-order valence-corrected chi connectivity index (χ4v) is 1.99. The van der Waals surface area contributed by atoms with Crippen molar-refractivity contribution in [1.29, 1.82) is 5.26 Å². The van der Waals surface area contributed by atoms with Crippen molar-refractivity contribution >= 4 is 5.97 Å². The van der Waals surface area contributed by atoms with Gasteiger partial charge in [0.05, 0.1) is 12.1 Å². The Kier molecular flexibility index (Phi) is 3.67. The van der Waals surface area contributed by atoms with Crippen LogP contribution >= 0.6 is 0 Å². The Hall–Kier alpha value is -2.87. The highest BCUT2D eigenvalue weighted by Crippen LogP contribution is 2.11. The third kappa shape index (κ3) is 2.45.